The zero-order valence-electron chi connectivity index (χ0n) is 18.3. The fourth-order valence-electron chi connectivity index (χ4n) is 4.10. The van der Waals surface area contributed by atoms with Gasteiger partial charge in [-0.3, -0.25) is 14.5 Å². The first-order valence-electron chi connectivity index (χ1n) is 10.3. The number of carbonyl (C=O) groups excluding carboxylic acids is 2. The molecule has 0 aromatic heterocycles. The quantitative estimate of drug-likeness (QED) is 0.306. The molecule has 5 nitrogen and oxygen atoms in total. The molecule has 1 unspecified atom stereocenters. The third-order valence-electron chi connectivity index (χ3n) is 5.74. The Morgan fingerprint density at radius 2 is 1.65 bits per heavy atom. The van der Waals surface area contributed by atoms with Gasteiger partial charge in [0.2, 0.25) is 0 Å². The smallest absolute Gasteiger partial charge is 0.416 e. The highest BCUT2D eigenvalue weighted by molar-refractivity contribution is 6.51. The van der Waals surface area contributed by atoms with Gasteiger partial charge in [-0.05, 0) is 48.4 Å². The summed E-state index contributed by atoms with van der Waals surface area (Å²) in [5.41, 5.74) is 0.0733. The highest BCUT2D eigenvalue weighted by atomic mass is 19.4. The first-order chi connectivity index (χ1) is 16.1. The lowest BCUT2D eigenvalue weighted by Crippen LogP contribution is -2.30. The molecule has 0 aliphatic carbocycles. The van der Waals surface area contributed by atoms with Crippen LogP contribution in [0.25, 0.3) is 5.76 Å². The zero-order valence-corrected chi connectivity index (χ0v) is 18.3. The fraction of sp³-hybridized carbons (Fsp3) is 0.154. The number of methoxy groups -OCH3 is 1. The van der Waals surface area contributed by atoms with Crippen molar-refractivity contribution < 1.29 is 32.6 Å². The van der Waals surface area contributed by atoms with Crippen LogP contribution >= 0.6 is 0 Å². The monoisotopic (exact) mass is 467 g/mol. The largest absolute Gasteiger partial charge is 0.507 e. The van der Waals surface area contributed by atoms with Crippen LogP contribution in [-0.2, 0) is 15.8 Å². The standard InChI is InChI=1S/C26H20F3NO4/c1-15-8-3-4-11-18(15)22-21(23(31)19-12-5-6-13-20(19)34-2)24(32)25(33)30(22)17-10-7-9-16(14-17)26(27,28)29/h3-14,22,31H,1-2H3/b23-21+. The molecule has 3 aromatic rings. The van der Waals surface area contributed by atoms with Gasteiger partial charge in [0.1, 0.15) is 11.5 Å². The number of ether oxygens (including phenoxy) is 1. The molecular formula is C26H20F3NO4. The lowest BCUT2D eigenvalue weighted by atomic mass is 9.92. The molecule has 1 fully saturated rings. The Morgan fingerprint density at radius 3 is 2.32 bits per heavy atom. The van der Waals surface area contributed by atoms with Crippen molar-refractivity contribution in [2.24, 2.45) is 0 Å². The van der Waals surface area contributed by atoms with E-state index in [1.54, 1.807) is 49.4 Å². The van der Waals surface area contributed by atoms with E-state index in [4.69, 9.17) is 4.74 Å². The predicted molar refractivity (Wildman–Crippen MR) is 120 cm³/mol. The van der Waals surface area contributed by atoms with Crippen LogP contribution in [0, 0.1) is 6.92 Å². The molecule has 1 N–H and O–H groups in total. The summed E-state index contributed by atoms with van der Waals surface area (Å²) in [5, 5.41) is 11.2. The number of Topliss-reactive ketones (excluding diaryl/α,β-unsaturated/α-hetero) is 1. The van der Waals surface area contributed by atoms with Crippen LogP contribution in [0.5, 0.6) is 5.75 Å². The van der Waals surface area contributed by atoms with Gasteiger partial charge in [-0.1, -0.05) is 42.5 Å². The van der Waals surface area contributed by atoms with E-state index in [9.17, 15) is 27.9 Å². The number of amides is 1. The van der Waals surface area contributed by atoms with Gasteiger partial charge in [0.15, 0.2) is 0 Å². The number of benzene rings is 3. The number of aliphatic hydroxyl groups is 1. The number of para-hydroxylation sites is 1. The molecule has 0 bridgehead atoms. The highest BCUT2D eigenvalue weighted by Crippen LogP contribution is 2.45. The number of anilines is 1. The van der Waals surface area contributed by atoms with E-state index in [0.717, 1.165) is 17.0 Å². The van der Waals surface area contributed by atoms with Crippen LogP contribution in [0.3, 0.4) is 0 Å². The summed E-state index contributed by atoms with van der Waals surface area (Å²) in [6, 6.07) is 16.4. The van der Waals surface area contributed by atoms with Crippen molar-refractivity contribution in [2.45, 2.75) is 19.1 Å². The highest BCUT2D eigenvalue weighted by Gasteiger charge is 2.48. The predicted octanol–water partition coefficient (Wildman–Crippen LogP) is 5.65. The van der Waals surface area contributed by atoms with Crippen LogP contribution in [0.4, 0.5) is 18.9 Å². The maximum Gasteiger partial charge on any atom is 0.416 e. The number of halogens is 3. The number of hydrogen-bond donors (Lipinski definition) is 1. The van der Waals surface area contributed by atoms with E-state index in [0.29, 0.717) is 11.1 Å². The number of aryl methyl sites for hydroxylation is 1. The topological polar surface area (TPSA) is 66.8 Å². The summed E-state index contributed by atoms with van der Waals surface area (Å²) in [6.07, 6.45) is -4.64. The van der Waals surface area contributed by atoms with E-state index in [-0.39, 0.29) is 22.6 Å². The lowest BCUT2D eigenvalue weighted by molar-refractivity contribution is -0.137. The number of rotatable bonds is 4. The van der Waals surface area contributed by atoms with Gasteiger partial charge in [0.25, 0.3) is 11.7 Å². The number of ketones is 1. The lowest BCUT2D eigenvalue weighted by Gasteiger charge is -2.27. The Balaban J connectivity index is 2.00. The summed E-state index contributed by atoms with van der Waals surface area (Å²) >= 11 is 0. The normalized spacial score (nSPS) is 17.8. The average Bonchev–Trinajstić information content (AvgIpc) is 3.08. The van der Waals surface area contributed by atoms with E-state index >= 15 is 0 Å². The minimum Gasteiger partial charge on any atom is -0.507 e. The Morgan fingerprint density at radius 1 is 0.971 bits per heavy atom. The average molecular weight is 467 g/mol. The maximum absolute atomic E-state index is 13.4. The van der Waals surface area contributed by atoms with Crippen LogP contribution < -0.4 is 9.64 Å². The summed E-state index contributed by atoms with van der Waals surface area (Å²) in [4.78, 5) is 27.4. The zero-order chi connectivity index (χ0) is 24.6. The molecule has 1 atom stereocenters. The molecular weight excluding hydrogens is 447 g/mol. The first kappa shape index (κ1) is 23.1. The van der Waals surface area contributed by atoms with E-state index in [1.165, 1.54) is 25.3 Å². The van der Waals surface area contributed by atoms with Gasteiger partial charge in [0, 0.05) is 5.69 Å². The number of hydrogen-bond acceptors (Lipinski definition) is 4. The first-order valence-corrected chi connectivity index (χ1v) is 10.3. The van der Waals surface area contributed by atoms with Gasteiger partial charge in [-0.25, -0.2) is 0 Å². The molecule has 4 rings (SSSR count). The molecule has 34 heavy (non-hydrogen) atoms. The summed E-state index contributed by atoms with van der Waals surface area (Å²) in [6.45, 7) is 1.75. The third kappa shape index (κ3) is 3.91. The van der Waals surface area contributed by atoms with Crippen LogP contribution in [-0.4, -0.2) is 23.9 Å². The molecule has 0 saturated carbocycles. The molecule has 1 aliphatic heterocycles. The second kappa shape index (κ2) is 8.70. The maximum atomic E-state index is 13.4. The minimum atomic E-state index is -4.64. The SMILES string of the molecule is COc1ccccc1/C(O)=C1\C(=O)C(=O)N(c2cccc(C(F)(F)F)c2)C1c1ccccc1C. The number of aliphatic hydroxyl groups excluding tert-OH is 1. The Hall–Kier alpha value is -4.07. The van der Waals surface area contributed by atoms with E-state index < -0.39 is 35.2 Å². The van der Waals surface area contributed by atoms with E-state index in [2.05, 4.69) is 0 Å². The van der Waals surface area contributed by atoms with E-state index in [1.807, 2.05) is 0 Å². The summed E-state index contributed by atoms with van der Waals surface area (Å²) in [7, 11) is 1.40. The van der Waals surface area contributed by atoms with Gasteiger partial charge in [0.05, 0.1) is 29.9 Å². The second-order valence-corrected chi connectivity index (χ2v) is 7.77. The molecule has 0 radical (unpaired) electrons. The van der Waals surface area contributed by atoms with Gasteiger partial charge < -0.3 is 9.84 Å². The summed E-state index contributed by atoms with van der Waals surface area (Å²) < 4.78 is 45.5. The van der Waals surface area contributed by atoms with Crippen molar-refractivity contribution in [1.82, 2.24) is 0 Å². The Bertz CT molecular complexity index is 1310. The fourth-order valence-corrected chi connectivity index (χ4v) is 4.10. The van der Waals surface area contributed by atoms with Crippen LogP contribution in [0.2, 0.25) is 0 Å². The van der Waals surface area contributed by atoms with Crippen molar-refractivity contribution in [2.75, 3.05) is 12.0 Å². The van der Waals surface area contributed by atoms with Crippen molar-refractivity contribution in [3.05, 3.63) is 101 Å². The van der Waals surface area contributed by atoms with Crippen LogP contribution in [0.15, 0.2) is 78.4 Å². The number of nitrogens with zero attached hydrogens (tertiary/aromatic N) is 1. The van der Waals surface area contributed by atoms with Crippen molar-refractivity contribution in [3.63, 3.8) is 0 Å². The summed E-state index contributed by atoms with van der Waals surface area (Å²) in [5.74, 6) is -2.24. The van der Waals surface area contributed by atoms with Crippen molar-refractivity contribution in [3.8, 4) is 5.75 Å². The molecule has 1 amide bonds. The molecule has 174 valence electrons. The van der Waals surface area contributed by atoms with Crippen molar-refractivity contribution in [1.29, 1.82) is 0 Å². The second-order valence-electron chi connectivity index (χ2n) is 7.77. The Kier molecular flexibility index (Phi) is 5.91. The van der Waals surface area contributed by atoms with Gasteiger partial charge in [-0.2, -0.15) is 13.2 Å². The molecule has 8 heteroatoms. The van der Waals surface area contributed by atoms with Gasteiger partial charge in [-0.15, -0.1) is 0 Å². The minimum absolute atomic E-state index is 0.107. The Labute approximate surface area is 193 Å². The molecule has 3 aromatic carbocycles. The molecule has 1 heterocycles. The van der Waals surface area contributed by atoms with Crippen LogP contribution in [0.1, 0.15) is 28.3 Å². The third-order valence-corrected chi connectivity index (χ3v) is 5.74. The molecule has 1 saturated heterocycles. The molecule has 1 aliphatic rings. The number of alkyl halides is 3. The number of carbonyl (C=O) groups is 2. The van der Waals surface area contributed by atoms with Gasteiger partial charge >= 0.3 is 6.18 Å². The van der Waals surface area contributed by atoms with Crippen molar-refractivity contribution >= 4 is 23.1 Å². The molecule has 0 spiro atoms.